The topological polar surface area (TPSA) is 104 Å². The van der Waals surface area contributed by atoms with Gasteiger partial charge in [-0.1, -0.05) is 261 Å². The van der Waals surface area contributed by atoms with Crippen molar-refractivity contribution in [3.63, 3.8) is 0 Å². The van der Waals surface area contributed by atoms with E-state index in [-0.39, 0.29) is 0 Å². The van der Waals surface area contributed by atoms with Crippen LogP contribution in [0.15, 0.2) is 342 Å². The summed E-state index contributed by atoms with van der Waals surface area (Å²) in [5.41, 5.74) is 22.2. The van der Waals surface area contributed by atoms with Gasteiger partial charge in [0.25, 0.3) is 0 Å². The third-order valence-corrected chi connectivity index (χ3v) is 21.2. The number of aromatic nitrogens is 6. The van der Waals surface area contributed by atoms with E-state index in [1.165, 1.54) is 22.1 Å². The zero-order valence-electron chi connectivity index (χ0n) is 57.2. The molecule has 0 amide bonds. The van der Waals surface area contributed by atoms with Crippen molar-refractivity contribution in [3.05, 3.63) is 345 Å². The maximum Gasteiger partial charge on any atom is 0.165 e. The van der Waals surface area contributed by atoms with Gasteiger partial charge in [0.05, 0.1) is 0 Å². The van der Waals surface area contributed by atoms with Gasteiger partial charge in [-0.3, -0.25) is 0 Å². The smallest absolute Gasteiger partial charge is 0.165 e. The summed E-state index contributed by atoms with van der Waals surface area (Å²) in [6.07, 6.45) is 6.66. The Bertz CT molecular complexity index is 7010. The molecule has 0 aliphatic heterocycles. The molecule has 8 nitrogen and oxygen atoms in total. The highest BCUT2D eigenvalue weighted by Gasteiger charge is 2.25. The fourth-order valence-corrected chi connectivity index (χ4v) is 15.7. The molecule has 4 aromatic heterocycles. The fourth-order valence-electron chi connectivity index (χ4n) is 15.7. The van der Waals surface area contributed by atoms with Crippen LogP contribution in [0, 0.1) is 0 Å². The Balaban J connectivity index is 0.620. The van der Waals surface area contributed by atoms with Crippen LogP contribution in [0.25, 0.3) is 217 Å². The molecule has 106 heavy (non-hydrogen) atoms. The van der Waals surface area contributed by atoms with Crippen LogP contribution in [-0.2, 0) is 6.42 Å². The van der Waals surface area contributed by atoms with Crippen molar-refractivity contribution in [2.45, 2.75) is 12.8 Å². The predicted molar refractivity (Wildman–Crippen MR) is 435 cm³/mol. The van der Waals surface area contributed by atoms with Crippen LogP contribution in [0.2, 0.25) is 0 Å². The van der Waals surface area contributed by atoms with E-state index < -0.39 is 0 Å². The molecule has 494 valence electrons. The minimum absolute atomic E-state index is 0.563. The van der Waals surface area contributed by atoms with E-state index in [0.717, 1.165) is 178 Å². The van der Waals surface area contributed by atoms with E-state index in [2.05, 4.69) is 309 Å². The summed E-state index contributed by atoms with van der Waals surface area (Å²) in [6.45, 7) is 0. The first kappa shape index (κ1) is 60.7. The van der Waals surface area contributed by atoms with Gasteiger partial charge in [-0.15, -0.1) is 0 Å². The van der Waals surface area contributed by atoms with Gasteiger partial charge in [-0.2, -0.15) is 0 Å². The number of aryl methyl sites for hydroxylation is 1. The Kier molecular flexibility index (Phi) is 14.2. The van der Waals surface area contributed by atoms with E-state index >= 15 is 0 Å². The molecular weight excluding hydrogens is 1290 g/mol. The van der Waals surface area contributed by atoms with E-state index in [9.17, 15) is 0 Å². The lowest BCUT2D eigenvalue weighted by molar-refractivity contribution is 0.668. The van der Waals surface area contributed by atoms with Crippen molar-refractivity contribution in [2.24, 2.45) is 0 Å². The number of allylic oxidation sites excluding steroid dienone is 1. The number of hydrogen-bond donors (Lipinski definition) is 0. The SMILES string of the molecule is C1=Cc2cc(-c3ccc(-c4nc(-c5ccc6ccc(-c7ccc8cc(-c9ccc(-c%10nc(-c%11ccc%12ccccc%12c%11)nc(-c%11c(-c%12ccc%13ccccc%13c%12)ccc%12oc%13ccccc%13c%11%12)n%10)cc9)ccc8c7)cc6c5)nc(-c5cccc6oc7ccc(-c8ccccc8)cc7c56)n4)cc3)ccc2CC1. The summed E-state index contributed by atoms with van der Waals surface area (Å²) >= 11 is 0. The number of para-hydroxylation sites is 1. The summed E-state index contributed by atoms with van der Waals surface area (Å²) in [4.78, 5) is 32.2. The van der Waals surface area contributed by atoms with Crippen LogP contribution < -0.4 is 0 Å². The van der Waals surface area contributed by atoms with E-state index in [1.807, 2.05) is 30.3 Å². The third-order valence-electron chi connectivity index (χ3n) is 21.2. The van der Waals surface area contributed by atoms with Crippen LogP contribution >= 0.6 is 0 Å². The lowest BCUT2D eigenvalue weighted by Gasteiger charge is -2.14. The van der Waals surface area contributed by atoms with Gasteiger partial charge in [0.15, 0.2) is 34.9 Å². The maximum atomic E-state index is 6.58. The van der Waals surface area contributed by atoms with Crippen LogP contribution in [0.1, 0.15) is 17.5 Å². The number of rotatable bonds is 11. The van der Waals surface area contributed by atoms with Crippen molar-refractivity contribution in [1.82, 2.24) is 29.9 Å². The minimum Gasteiger partial charge on any atom is -0.456 e. The van der Waals surface area contributed by atoms with Crippen LogP contribution in [0.4, 0.5) is 0 Å². The quantitative estimate of drug-likeness (QED) is 0.126. The van der Waals surface area contributed by atoms with E-state index in [1.54, 1.807) is 0 Å². The van der Waals surface area contributed by atoms with Crippen molar-refractivity contribution < 1.29 is 8.83 Å². The predicted octanol–water partition coefficient (Wildman–Crippen LogP) is 25.8. The van der Waals surface area contributed by atoms with Gasteiger partial charge >= 0.3 is 0 Å². The van der Waals surface area contributed by atoms with Crippen molar-refractivity contribution >= 4 is 93.0 Å². The van der Waals surface area contributed by atoms with Crippen LogP contribution in [0.5, 0.6) is 0 Å². The molecule has 21 rings (SSSR count). The monoisotopic (exact) mass is 1350 g/mol. The maximum absolute atomic E-state index is 6.58. The fraction of sp³-hybridized carbons (Fsp3) is 0.0204. The first-order chi connectivity index (χ1) is 52.4. The molecule has 8 heteroatoms. The molecule has 0 N–H and O–H groups in total. The van der Waals surface area contributed by atoms with E-state index in [0.29, 0.717) is 34.9 Å². The number of furan rings is 2. The minimum atomic E-state index is 0.563. The molecule has 20 aromatic rings. The lowest BCUT2D eigenvalue weighted by atomic mass is 9.93. The van der Waals surface area contributed by atoms with Gasteiger partial charge < -0.3 is 8.83 Å². The highest BCUT2D eigenvalue weighted by molar-refractivity contribution is 6.16. The molecule has 1 aliphatic carbocycles. The normalized spacial score (nSPS) is 12.2. The Labute approximate surface area is 609 Å². The summed E-state index contributed by atoms with van der Waals surface area (Å²) in [7, 11) is 0. The molecule has 0 radical (unpaired) electrons. The van der Waals surface area contributed by atoms with Gasteiger partial charge in [0, 0.05) is 54.9 Å². The Hall–Kier alpha value is -14.1. The Morgan fingerprint density at radius 3 is 1.32 bits per heavy atom. The first-order valence-corrected chi connectivity index (χ1v) is 36.0. The molecule has 0 unspecified atom stereocenters. The highest BCUT2D eigenvalue weighted by atomic mass is 16.3. The lowest BCUT2D eigenvalue weighted by Crippen LogP contribution is -2.01. The second kappa shape index (κ2) is 24.9. The number of nitrogens with zero attached hydrogens (tertiary/aromatic N) is 6. The van der Waals surface area contributed by atoms with Gasteiger partial charge in [-0.05, 0) is 202 Å². The standard InChI is InChI=1S/C98H60N6O2/c1-2-13-59(14-3-1)77-47-49-87-85(58-77)90-84(22-12-24-88(90)106-87)97-101-93(66-34-25-63(26-35-66)71-38-29-60-15-4-7-18-68(60)51-71)99-95(102-97)80-46-33-65-30-39-76(56-81(65)57-80)75-43-42-73-52-72(40-41-74(73)53-75)64-27-36-67(37-28-64)94-100-96(79-45-32-62-17-6-9-20-70(62)55-79)104-98(103-94)92-82(78-44-31-61-16-5-8-19-69(61)54-78)48-50-89-91(92)83-21-10-11-23-86(83)105-89/h1-3,5-14,16-58H,4,15H2. The molecular formula is C98H60N6O2. The Morgan fingerprint density at radius 1 is 0.226 bits per heavy atom. The molecule has 0 spiro atoms. The molecule has 0 saturated heterocycles. The van der Waals surface area contributed by atoms with Crippen molar-refractivity contribution in [3.8, 4) is 124 Å². The highest BCUT2D eigenvalue weighted by Crippen LogP contribution is 2.45. The van der Waals surface area contributed by atoms with Crippen LogP contribution in [0.3, 0.4) is 0 Å². The summed E-state index contributed by atoms with van der Waals surface area (Å²) in [5, 5.41) is 13.0. The average molecular weight is 1350 g/mol. The first-order valence-electron chi connectivity index (χ1n) is 36.0. The molecule has 16 aromatic carbocycles. The second-order valence-electron chi connectivity index (χ2n) is 27.6. The van der Waals surface area contributed by atoms with Crippen LogP contribution in [-0.4, -0.2) is 29.9 Å². The van der Waals surface area contributed by atoms with E-state index in [4.69, 9.17) is 38.7 Å². The van der Waals surface area contributed by atoms with Gasteiger partial charge in [0.2, 0.25) is 0 Å². The van der Waals surface area contributed by atoms with Crippen molar-refractivity contribution in [1.29, 1.82) is 0 Å². The largest absolute Gasteiger partial charge is 0.456 e. The summed E-state index contributed by atoms with van der Waals surface area (Å²) in [6, 6.07) is 116. The Morgan fingerprint density at radius 2 is 0.642 bits per heavy atom. The molecule has 0 bridgehead atoms. The molecule has 4 heterocycles. The summed E-state index contributed by atoms with van der Waals surface area (Å²) in [5.74, 6) is 3.45. The summed E-state index contributed by atoms with van der Waals surface area (Å²) < 4.78 is 13.1. The zero-order chi connectivity index (χ0) is 69.8. The third kappa shape index (κ3) is 10.8. The second-order valence-corrected chi connectivity index (χ2v) is 27.6. The van der Waals surface area contributed by atoms with Gasteiger partial charge in [0.1, 0.15) is 22.3 Å². The average Bonchev–Trinajstić information content (AvgIpc) is 1.49. The molecule has 0 saturated carbocycles. The van der Waals surface area contributed by atoms with Crippen molar-refractivity contribution in [2.75, 3.05) is 0 Å². The number of hydrogen-bond acceptors (Lipinski definition) is 8. The number of benzene rings is 16. The molecule has 0 fully saturated rings. The number of fused-ring (bicyclic) bond motifs is 11. The van der Waals surface area contributed by atoms with Gasteiger partial charge in [-0.25, -0.2) is 29.9 Å². The molecule has 1 aliphatic rings. The molecule has 0 atom stereocenters. The zero-order valence-corrected chi connectivity index (χ0v) is 57.2.